The molecule has 0 aromatic heterocycles. The molecule has 0 atom stereocenters. The Kier molecular flexibility index (Phi) is 6.59. The predicted octanol–water partition coefficient (Wildman–Crippen LogP) is 3.10. The average molecular weight is 318 g/mol. The summed E-state index contributed by atoms with van der Waals surface area (Å²) in [7, 11) is 0. The van der Waals surface area contributed by atoms with Gasteiger partial charge >= 0.3 is 0 Å². The van der Waals surface area contributed by atoms with Crippen molar-refractivity contribution < 1.29 is 14.3 Å². The Morgan fingerprint density at radius 1 is 1.22 bits per heavy atom. The first-order chi connectivity index (χ1) is 11.1. The number of likely N-dealkylation sites (tertiary alicyclic amines) is 1. The zero-order valence-electron chi connectivity index (χ0n) is 14.1. The van der Waals surface area contributed by atoms with Gasteiger partial charge in [-0.25, -0.2) is 0 Å². The Bertz CT molecular complexity index is 551. The molecule has 2 rings (SSSR count). The first-order valence-electron chi connectivity index (χ1n) is 8.40. The Hall–Kier alpha value is -1.88. The summed E-state index contributed by atoms with van der Waals surface area (Å²) in [6.07, 6.45) is 4.43. The van der Waals surface area contributed by atoms with Gasteiger partial charge in [0.05, 0.1) is 18.8 Å². The number of carbonyl (C=O) groups excluding carboxylic acids is 2. The molecular formula is C18H26N2O3. The van der Waals surface area contributed by atoms with Gasteiger partial charge in [0.2, 0.25) is 5.91 Å². The second kappa shape index (κ2) is 8.67. The first kappa shape index (κ1) is 17.5. The normalized spacial score (nSPS) is 15.2. The van der Waals surface area contributed by atoms with Gasteiger partial charge in [-0.3, -0.25) is 14.5 Å². The van der Waals surface area contributed by atoms with Gasteiger partial charge in [-0.1, -0.05) is 13.3 Å². The molecule has 5 nitrogen and oxygen atoms in total. The summed E-state index contributed by atoms with van der Waals surface area (Å²) >= 11 is 0. The highest BCUT2D eigenvalue weighted by atomic mass is 16.5. The summed E-state index contributed by atoms with van der Waals surface area (Å²) < 4.78 is 5.67. The van der Waals surface area contributed by atoms with E-state index in [1.165, 1.54) is 13.3 Å². The molecule has 23 heavy (non-hydrogen) atoms. The van der Waals surface area contributed by atoms with Gasteiger partial charge < -0.3 is 10.1 Å². The average Bonchev–Trinajstić information content (AvgIpc) is 2.54. The third kappa shape index (κ3) is 5.36. The third-order valence-electron chi connectivity index (χ3n) is 3.94. The minimum absolute atomic E-state index is 0.0291. The maximum Gasteiger partial charge on any atom is 0.238 e. The number of ether oxygens (including phenoxy) is 1. The van der Waals surface area contributed by atoms with Crippen LogP contribution < -0.4 is 10.1 Å². The minimum Gasteiger partial charge on any atom is -0.491 e. The van der Waals surface area contributed by atoms with E-state index in [-0.39, 0.29) is 11.7 Å². The van der Waals surface area contributed by atoms with Gasteiger partial charge in [-0.15, -0.1) is 0 Å². The minimum atomic E-state index is -0.0612. The molecule has 5 heteroatoms. The number of ketones is 1. The van der Waals surface area contributed by atoms with Crippen LogP contribution in [0.3, 0.4) is 0 Å². The number of nitrogens with one attached hydrogen (secondary N) is 1. The van der Waals surface area contributed by atoms with E-state index >= 15 is 0 Å². The van der Waals surface area contributed by atoms with E-state index in [2.05, 4.69) is 10.2 Å². The number of amides is 1. The second-order valence-corrected chi connectivity index (χ2v) is 6.00. The van der Waals surface area contributed by atoms with Gasteiger partial charge in [0.15, 0.2) is 5.78 Å². The molecule has 126 valence electrons. The maximum atomic E-state index is 12.3. The van der Waals surface area contributed by atoms with Crippen molar-refractivity contribution in [1.82, 2.24) is 4.90 Å². The number of hydrogen-bond donors (Lipinski definition) is 1. The molecule has 1 aliphatic heterocycles. The van der Waals surface area contributed by atoms with Crippen molar-refractivity contribution in [1.29, 1.82) is 0 Å². The molecule has 1 aliphatic rings. The molecule has 1 N–H and O–H groups in total. The fraction of sp³-hybridized carbons (Fsp3) is 0.556. The Morgan fingerprint density at radius 3 is 2.61 bits per heavy atom. The summed E-state index contributed by atoms with van der Waals surface area (Å²) in [6.45, 7) is 6.45. The number of benzene rings is 1. The fourth-order valence-corrected chi connectivity index (χ4v) is 2.69. The number of carbonyl (C=O) groups is 2. The molecule has 0 spiro atoms. The molecule has 0 aliphatic carbocycles. The van der Waals surface area contributed by atoms with Crippen molar-refractivity contribution in [2.45, 2.75) is 39.5 Å². The zero-order chi connectivity index (χ0) is 16.7. The van der Waals surface area contributed by atoms with Crippen molar-refractivity contribution in [3.05, 3.63) is 23.8 Å². The van der Waals surface area contributed by atoms with Crippen molar-refractivity contribution in [3.8, 4) is 5.75 Å². The van der Waals surface area contributed by atoms with E-state index in [9.17, 15) is 9.59 Å². The predicted molar refractivity (Wildman–Crippen MR) is 91.2 cm³/mol. The van der Waals surface area contributed by atoms with Crippen LogP contribution in [0.1, 0.15) is 49.9 Å². The first-order valence-corrected chi connectivity index (χ1v) is 8.40. The summed E-state index contributed by atoms with van der Waals surface area (Å²) in [5.41, 5.74) is 1.15. The van der Waals surface area contributed by atoms with Crippen LogP contribution in [0.2, 0.25) is 0 Å². The lowest BCUT2D eigenvalue weighted by molar-refractivity contribution is -0.117. The van der Waals surface area contributed by atoms with Crippen LogP contribution >= 0.6 is 0 Å². The fourth-order valence-electron chi connectivity index (χ4n) is 2.69. The smallest absolute Gasteiger partial charge is 0.238 e. The lowest BCUT2D eigenvalue weighted by atomic mass is 10.1. The largest absolute Gasteiger partial charge is 0.491 e. The van der Waals surface area contributed by atoms with E-state index in [0.717, 1.165) is 32.4 Å². The molecule has 1 fully saturated rings. The van der Waals surface area contributed by atoms with E-state index in [1.807, 2.05) is 6.92 Å². The van der Waals surface area contributed by atoms with Gasteiger partial charge in [-0.2, -0.15) is 0 Å². The quantitative estimate of drug-likeness (QED) is 0.785. The molecule has 1 amide bonds. The molecule has 1 aromatic rings. The number of Topliss-reactive ketones (excluding diaryl/α,β-unsaturated/α-hetero) is 1. The van der Waals surface area contributed by atoms with Crippen LogP contribution in [0, 0.1) is 0 Å². The molecule has 0 saturated carbocycles. The molecule has 1 aromatic carbocycles. The number of hydrogen-bond acceptors (Lipinski definition) is 4. The van der Waals surface area contributed by atoms with E-state index in [0.29, 0.717) is 30.2 Å². The Balaban J connectivity index is 2.06. The van der Waals surface area contributed by atoms with Crippen LogP contribution in [0.15, 0.2) is 18.2 Å². The van der Waals surface area contributed by atoms with Crippen LogP contribution in [0.25, 0.3) is 0 Å². The maximum absolute atomic E-state index is 12.3. The van der Waals surface area contributed by atoms with Crippen LogP contribution in [-0.2, 0) is 4.79 Å². The van der Waals surface area contributed by atoms with E-state index in [1.54, 1.807) is 18.2 Å². The van der Waals surface area contributed by atoms with Crippen molar-refractivity contribution in [2.24, 2.45) is 0 Å². The molecule has 1 heterocycles. The van der Waals surface area contributed by atoms with E-state index < -0.39 is 0 Å². The molecule has 0 bridgehead atoms. The van der Waals surface area contributed by atoms with Crippen molar-refractivity contribution >= 4 is 17.4 Å². The third-order valence-corrected chi connectivity index (χ3v) is 3.94. The number of nitrogens with zero attached hydrogens (tertiary/aromatic N) is 1. The lowest BCUT2D eigenvalue weighted by Crippen LogP contribution is -2.36. The van der Waals surface area contributed by atoms with Gasteiger partial charge in [-0.05, 0) is 57.5 Å². The summed E-state index contributed by atoms with van der Waals surface area (Å²) in [5.74, 6) is 0.524. The molecule has 0 radical (unpaired) electrons. The topological polar surface area (TPSA) is 58.6 Å². The van der Waals surface area contributed by atoms with Crippen LogP contribution in [0.5, 0.6) is 5.75 Å². The second-order valence-electron chi connectivity index (χ2n) is 6.00. The monoisotopic (exact) mass is 318 g/mol. The van der Waals surface area contributed by atoms with Crippen LogP contribution in [0.4, 0.5) is 5.69 Å². The van der Waals surface area contributed by atoms with Gasteiger partial charge in [0.25, 0.3) is 0 Å². The SMILES string of the molecule is CCCOc1ccc(C(C)=O)cc1NC(=O)CN1CCCCC1. The van der Waals surface area contributed by atoms with E-state index in [4.69, 9.17) is 4.74 Å². The van der Waals surface area contributed by atoms with Crippen molar-refractivity contribution in [2.75, 3.05) is 31.6 Å². The highest BCUT2D eigenvalue weighted by Gasteiger charge is 2.16. The molecule has 0 unspecified atom stereocenters. The van der Waals surface area contributed by atoms with Gasteiger partial charge in [0, 0.05) is 5.56 Å². The standard InChI is InChI=1S/C18H26N2O3/c1-3-11-23-17-8-7-15(14(2)21)12-16(17)19-18(22)13-20-9-5-4-6-10-20/h7-8,12H,3-6,9-11,13H2,1-2H3,(H,19,22). The number of piperidine rings is 1. The summed E-state index contributed by atoms with van der Waals surface area (Å²) in [6, 6.07) is 5.18. The highest BCUT2D eigenvalue weighted by Crippen LogP contribution is 2.26. The number of anilines is 1. The lowest BCUT2D eigenvalue weighted by Gasteiger charge is -2.25. The van der Waals surface area contributed by atoms with Crippen molar-refractivity contribution in [3.63, 3.8) is 0 Å². The Morgan fingerprint density at radius 2 is 1.96 bits per heavy atom. The van der Waals surface area contributed by atoms with Crippen LogP contribution in [-0.4, -0.2) is 42.8 Å². The summed E-state index contributed by atoms with van der Waals surface area (Å²) in [5, 5.41) is 2.90. The summed E-state index contributed by atoms with van der Waals surface area (Å²) in [4.78, 5) is 26.0. The number of rotatable bonds is 7. The molecular weight excluding hydrogens is 292 g/mol. The van der Waals surface area contributed by atoms with Gasteiger partial charge in [0.1, 0.15) is 5.75 Å². The zero-order valence-corrected chi connectivity index (χ0v) is 14.1. The Labute approximate surface area is 138 Å². The highest BCUT2D eigenvalue weighted by molar-refractivity contribution is 5.98. The molecule has 1 saturated heterocycles.